The normalized spacial score (nSPS) is 12.8. The molecule has 0 rings (SSSR count). The maximum Gasteiger partial charge on any atom is 0.210 e. The Labute approximate surface area is 102 Å². The van der Waals surface area contributed by atoms with Crippen molar-refractivity contribution < 1.29 is 4.79 Å². The number of unbranched alkanes of at least 4 members (excludes halogenated alkanes) is 6. The van der Waals surface area contributed by atoms with E-state index in [0.717, 1.165) is 12.8 Å². The predicted octanol–water partition coefficient (Wildman–Crippen LogP) is 4.35. The van der Waals surface area contributed by atoms with Gasteiger partial charge in [-0.1, -0.05) is 51.9 Å². The Morgan fingerprint density at radius 2 is 1.64 bits per heavy atom. The summed E-state index contributed by atoms with van der Waals surface area (Å²) in [6.07, 6.45) is 9.92. The molecule has 0 saturated heterocycles. The van der Waals surface area contributed by atoms with E-state index in [1.807, 2.05) is 0 Å². The van der Waals surface area contributed by atoms with E-state index in [-0.39, 0.29) is 9.94 Å². The quantitative estimate of drug-likeness (QED) is 0.378. The molecule has 0 saturated carbocycles. The molecule has 0 aliphatic rings. The Hall–Kier alpha value is 0.500. The van der Waals surface area contributed by atoms with Gasteiger partial charge in [0.25, 0.3) is 0 Å². The summed E-state index contributed by atoms with van der Waals surface area (Å²) < 4.78 is 0.0202. The van der Waals surface area contributed by atoms with Crippen LogP contribution in [0.25, 0.3) is 0 Å². The first-order valence-corrected chi connectivity index (χ1v) is 6.86. The Balaban J connectivity index is 3.09. The number of hydrogen-bond acceptors (Lipinski definition) is 2. The second-order valence-corrected chi connectivity index (χ2v) is 5.13. The molecule has 0 amide bonds. The minimum absolute atomic E-state index is 0.0202. The van der Waals surface area contributed by atoms with Gasteiger partial charge < -0.3 is 0 Å². The Morgan fingerprint density at radius 1 is 1.14 bits per heavy atom. The molecule has 0 bridgehead atoms. The van der Waals surface area contributed by atoms with Crippen LogP contribution in [-0.2, 0) is 4.79 Å². The van der Waals surface area contributed by atoms with Gasteiger partial charge in [-0.3, -0.25) is 4.79 Å². The maximum atomic E-state index is 10.8. The molecule has 84 valence electrons. The van der Waals surface area contributed by atoms with E-state index < -0.39 is 0 Å². The van der Waals surface area contributed by atoms with Gasteiger partial charge in [-0.05, 0) is 22.4 Å². The first-order chi connectivity index (χ1) is 6.68. The highest BCUT2D eigenvalue weighted by atomic mass is 79.9. The van der Waals surface area contributed by atoms with Crippen LogP contribution < -0.4 is 0 Å². The van der Waals surface area contributed by atoms with Crippen molar-refractivity contribution in [1.29, 1.82) is 0 Å². The van der Waals surface area contributed by atoms with Crippen molar-refractivity contribution in [2.75, 3.05) is 0 Å². The fraction of sp³-hybridized carbons (Fsp3) is 0.909. The van der Waals surface area contributed by atoms with Gasteiger partial charge in [-0.2, -0.15) is 12.6 Å². The highest BCUT2D eigenvalue weighted by molar-refractivity contribution is 9.18. The Morgan fingerprint density at radius 3 is 2.14 bits per heavy atom. The van der Waals surface area contributed by atoms with Crippen molar-refractivity contribution in [3.05, 3.63) is 0 Å². The van der Waals surface area contributed by atoms with E-state index in [4.69, 9.17) is 0 Å². The van der Waals surface area contributed by atoms with Crippen molar-refractivity contribution in [2.24, 2.45) is 0 Å². The van der Waals surface area contributed by atoms with E-state index >= 15 is 0 Å². The topological polar surface area (TPSA) is 17.1 Å². The van der Waals surface area contributed by atoms with Crippen molar-refractivity contribution in [3.8, 4) is 0 Å². The lowest BCUT2D eigenvalue weighted by Crippen LogP contribution is -2.06. The lowest BCUT2D eigenvalue weighted by Gasteiger charge is -2.04. The number of carbonyl (C=O) groups is 1. The highest BCUT2D eigenvalue weighted by Crippen LogP contribution is 2.14. The Bertz CT molecular complexity index is 150. The number of rotatable bonds is 9. The van der Waals surface area contributed by atoms with E-state index in [1.165, 1.54) is 38.5 Å². The number of hydrogen-bond donors (Lipinski definition) is 1. The van der Waals surface area contributed by atoms with Crippen LogP contribution in [0.2, 0.25) is 0 Å². The molecule has 1 unspecified atom stereocenters. The third-order valence-corrected chi connectivity index (χ3v) is 3.74. The average Bonchev–Trinajstić information content (AvgIpc) is 2.16. The number of thiol groups is 1. The molecule has 14 heavy (non-hydrogen) atoms. The predicted molar refractivity (Wildman–Crippen MR) is 69.3 cm³/mol. The summed E-state index contributed by atoms with van der Waals surface area (Å²) >= 11 is 7.11. The minimum atomic E-state index is -0.106. The van der Waals surface area contributed by atoms with E-state index in [2.05, 4.69) is 35.5 Å². The first-order valence-electron chi connectivity index (χ1n) is 5.56. The number of halogens is 1. The van der Waals surface area contributed by atoms with E-state index in [9.17, 15) is 4.79 Å². The molecule has 0 radical (unpaired) electrons. The molecule has 0 aromatic carbocycles. The van der Waals surface area contributed by atoms with E-state index in [1.54, 1.807) is 0 Å². The third-order valence-electron chi connectivity index (χ3n) is 2.34. The number of carbonyl (C=O) groups excluding carboxylic acids is 1. The third kappa shape index (κ3) is 9.07. The SMILES string of the molecule is CCCCCCCCCC(S)C(=O)Br. The van der Waals surface area contributed by atoms with Crippen LogP contribution in [0.1, 0.15) is 58.3 Å². The zero-order valence-electron chi connectivity index (χ0n) is 8.97. The van der Waals surface area contributed by atoms with Gasteiger partial charge in [-0.25, -0.2) is 0 Å². The van der Waals surface area contributed by atoms with Gasteiger partial charge in [0.1, 0.15) is 0 Å². The maximum absolute atomic E-state index is 10.8. The summed E-state index contributed by atoms with van der Waals surface area (Å²) in [5, 5.41) is -0.106. The molecule has 0 heterocycles. The van der Waals surface area contributed by atoms with Crippen molar-refractivity contribution >= 4 is 33.3 Å². The second-order valence-electron chi connectivity index (χ2n) is 3.73. The van der Waals surface area contributed by atoms with Gasteiger partial charge in [0.15, 0.2) is 0 Å². The van der Waals surface area contributed by atoms with Gasteiger partial charge >= 0.3 is 0 Å². The molecular formula is C11H21BrOS. The molecule has 0 aliphatic carbocycles. The van der Waals surface area contributed by atoms with Gasteiger partial charge in [0.05, 0.1) is 5.25 Å². The largest absolute Gasteiger partial charge is 0.285 e. The van der Waals surface area contributed by atoms with Crippen molar-refractivity contribution in [3.63, 3.8) is 0 Å². The van der Waals surface area contributed by atoms with Crippen LogP contribution in [0.4, 0.5) is 0 Å². The van der Waals surface area contributed by atoms with Gasteiger partial charge in [0.2, 0.25) is 4.69 Å². The molecule has 0 N–H and O–H groups in total. The fourth-order valence-electron chi connectivity index (χ4n) is 1.41. The fourth-order valence-corrected chi connectivity index (χ4v) is 1.82. The molecular weight excluding hydrogens is 260 g/mol. The smallest absolute Gasteiger partial charge is 0.210 e. The lowest BCUT2D eigenvalue weighted by molar-refractivity contribution is -0.110. The molecule has 0 aromatic rings. The molecule has 1 atom stereocenters. The van der Waals surface area contributed by atoms with Gasteiger partial charge in [-0.15, -0.1) is 0 Å². The van der Waals surface area contributed by atoms with Crippen molar-refractivity contribution in [1.82, 2.24) is 0 Å². The summed E-state index contributed by atoms with van der Waals surface area (Å²) in [5.41, 5.74) is 0. The molecule has 0 fully saturated rings. The summed E-state index contributed by atoms with van der Waals surface area (Å²) in [6, 6.07) is 0. The van der Waals surface area contributed by atoms with Crippen LogP contribution in [0.5, 0.6) is 0 Å². The van der Waals surface area contributed by atoms with Crippen LogP contribution >= 0.6 is 28.6 Å². The van der Waals surface area contributed by atoms with Gasteiger partial charge in [0, 0.05) is 0 Å². The zero-order chi connectivity index (χ0) is 10.8. The second kappa shape index (κ2) is 10.0. The van der Waals surface area contributed by atoms with Crippen molar-refractivity contribution in [2.45, 2.75) is 63.5 Å². The molecule has 0 spiro atoms. The van der Waals surface area contributed by atoms with Crippen LogP contribution in [0.15, 0.2) is 0 Å². The van der Waals surface area contributed by atoms with E-state index in [0.29, 0.717) is 0 Å². The summed E-state index contributed by atoms with van der Waals surface area (Å²) in [6.45, 7) is 2.23. The summed E-state index contributed by atoms with van der Waals surface area (Å²) in [5.74, 6) is 0. The molecule has 0 aromatic heterocycles. The highest BCUT2D eigenvalue weighted by Gasteiger charge is 2.08. The van der Waals surface area contributed by atoms with Crippen LogP contribution in [0, 0.1) is 0 Å². The zero-order valence-corrected chi connectivity index (χ0v) is 11.4. The minimum Gasteiger partial charge on any atom is -0.285 e. The summed E-state index contributed by atoms with van der Waals surface area (Å²) in [4.78, 5) is 10.8. The summed E-state index contributed by atoms with van der Waals surface area (Å²) in [7, 11) is 0. The van der Waals surface area contributed by atoms with Crippen LogP contribution in [-0.4, -0.2) is 9.94 Å². The Kier molecular flexibility index (Phi) is 10.4. The van der Waals surface area contributed by atoms with Crippen LogP contribution in [0.3, 0.4) is 0 Å². The average molecular weight is 281 g/mol. The molecule has 3 heteroatoms. The standard InChI is InChI=1S/C11H21BrOS/c1-2-3-4-5-6-7-8-9-10(14)11(12)13/h10,14H,2-9H2,1H3. The first kappa shape index (κ1) is 14.5. The monoisotopic (exact) mass is 280 g/mol. The molecule has 1 nitrogen and oxygen atoms in total. The molecule has 0 aliphatic heterocycles. The lowest BCUT2D eigenvalue weighted by atomic mass is 10.1.